The Labute approximate surface area is 145 Å². The molecule has 0 aliphatic carbocycles. The van der Waals surface area contributed by atoms with Crippen molar-refractivity contribution in [2.45, 2.75) is 12.8 Å². The highest BCUT2D eigenvalue weighted by Crippen LogP contribution is 2.45. The summed E-state index contributed by atoms with van der Waals surface area (Å²) in [6.07, 6.45) is 1.69. The van der Waals surface area contributed by atoms with E-state index in [0.29, 0.717) is 4.67 Å². The number of amides is 4. The van der Waals surface area contributed by atoms with Gasteiger partial charge in [-0.3, -0.25) is 24.1 Å². The summed E-state index contributed by atoms with van der Waals surface area (Å²) in [5.74, 6) is -4.12. The number of carbonyl (C=O) groups is 5. The smallest absolute Gasteiger partial charge is 0.329 e. The molecular formula is C12H13N4O9P. The first-order valence-electron chi connectivity index (χ1n) is 7.19. The van der Waals surface area contributed by atoms with E-state index >= 15 is 0 Å². The molecule has 2 rings (SSSR count). The molecule has 1 atom stereocenters. The Morgan fingerprint density at radius 3 is 2.23 bits per heavy atom. The minimum Gasteiger partial charge on any atom is -0.329 e. The Hall–Kier alpha value is -2.76. The van der Waals surface area contributed by atoms with Crippen LogP contribution in [0.1, 0.15) is 12.8 Å². The Morgan fingerprint density at radius 1 is 1.19 bits per heavy atom. The summed E-state index contributed by atoms with van der Waals surface area (Å²) in [5, 5.41) is 0.231. The van der Waals surface area contributed by atoms with Crippen LogP contribution in [0, 0.1) is 4.91 Å². The largest absolute Gasteiger partial charge is 0.424 e. The topological polar surface area (TPSA) is 171 Å². The lowest BCUT2D eigenvalue weighted by atomic mass is 10.4. The summed E-state index contributed by atoms with van der Waals surface area (Å²) in [5.41, 5.74) is 0. The third-order valence-electron chi connectivity index (χ3n) is 3.47. The van der Waals surface area contributed by atoms with E-state index in [-0.39, 0.29) is 17.9 Å². The third-order valence-corrected chi connectivity index (χ3v) is 4.76. The molecule has 4 amide bonds. The zero-order valence-electron chi connectivity index (χ0n) is 13.1. The second kappa shape index (κ2) is 7.64. The van der Waals surface area contributed by atoms with Crippen molar-refractivity contribution in [2.24, 2.45) is 4.95 Å². The first-order chi connectivity index (χ1) is 12.2. The van der Waals surface area contributed by atoms with Crippen molar-refractivity contribution in [3.63, 3.8) is 0 Å². The van der Waals surface area contributed by atoms with Crippen LogP contribution in [-0.2, 0) is 33.4 Å². The standard InChI is InChI=1S/C12H13N4O9P/c17-8-1-2-9(18)15(8)6-5-14(26(23,24)13-22)7-12(21)25-16-10(19)3-4-11(16)20/h1-2H,3-7H2,(H,23,24). The maximum absolute atomic E-state index is 11.8. The minimum absolute atomic E-state index is 0.142. The average Bonchev–Trinajstić information content (AvgIpc) is 3.07. The molecule has 0 aromatic rings. The highest BCUT2D eigenvalue weighted by molar-refractivity contribution is 7.53. The van der Waals surface area contributed by atoms with Crippen LogP contribution in [0.3, 0.4) is 0 Å². The van der Waals surface area contributed by atoms with Crippen LogP contribution in [0.25, 0.3) is 0 Å². The van der Waals surface area contributed by atoms with Crippen molar-refractivity contribution in [3.05, 3.63) is 17.1 Å². The fourth-order valence-electron chi connectivity index (χ4n) is 2.16. The average molecular weight is 388 g/mol. The van der Waals surface area contributed by atoms with Gasteiger partial charge in [0.25, 0.3) is 23.6 Å². The minimum atomic E-state index is -4.87. The molecule has 0 bridgehead atoms. The fraction of sp³-hybridized carbons (Fsp3) is 0.417. The van der Waals surface area contributed by atoms with Crippen molar-refractivity contribution < 1.29 is 38.3 Å². The molecule has 1 saturated heterocycles. The Morgan fingerprint density at radius 2 is 1.73 bits per heavy atom. The number of hydrogen-bond acceptors (Lipinski definition) is 8. The van der Waals surface area contributed by atoms with Gasteiger partial charge in [-0.2, -0.15) is 4.67 Å². The molecule has 26 heavy (non-hydrogen) atoms. The van der Waals surface area contributed by atoms with Crippen molar-refractivity contribution >= 4 is 37.3 Å². The monoisotopic (exact) mass is 388 g/mol. The molecule has 1 fully saturated rings. The molecule has 0 aromatic heterocycles. The van der Waals surface area contributed by atoms with Crippen LogP contribution in [0.2, 0.25) is 0 Å². The maximum Gasteiger partial charge on any atom is 0.424 e. The molecule has 0 aromatic carbocycles. The number of rotatable bonds is 8. The predicted molar refractivity (Wildman–Crippen MR) is 80.2 cm³/mol. The van der Waals surface area contributed by atoms with Crippen LogP contribution < -0.4 is 0 Å². The Balaban J connectivity index is 2.02. The van der Waals surface area contributed by atoms with E-state index in [2.05, 4.69) is 4.84 Å². The lowest BCUT2D eigenvalue weighted by Gasteiger charge is -2.24. The van der Waals surface area contributed by atoms with Gasteiger partial charge < -0.3 is 9.73 Å². The van der Waals surface area contributed by atoms with Crippen LogP contribution in [0.5, 0.6) is 0 Å². The molecule has 140 valence electrons. The van der Waals surface area contributed by atoms with E-state index in [1.165, 1.54) is 0 Å². The van der Waals surface area contributed by atoms with Gasteiger partial charge in [-0.1, -0.05) is 0 Å². The number of hydrogen-bond donors (Lipinski definition) is 1. The second-order valence-electron chi connectivity index (χ2n) is 5.19. The van der Waals surface area contributed by atoms with E-state index in [4.69, 9.17) is 0 Å². The third kappa shape index (κ3) is 4.25. The van der Waals surface area contributed by atoms with Crippen LogP contribution in [-0.4, -0.2) is 68.8 Å². The summed E-state index contributed by atoms with van der Waals surface area (Å²) < 4.78 is 12.2. The summed E-state index contributed by atoms with van der Waals surface area (Å²) in [7, 11) is -4.87. The van der Waals surface area contributed by atoms with Crippen molar-refractivity contribution in [1.82, 2.24) is 14.6 Å². The van der Waals surface area contributed by atoms with Gasteiger partial charge >= 0.3 is 13.6 Å². The fourth-order valence-corrected chi connectivity index (χ4v) is 2.91. The highest BCUT2D eigenvalue weighted by atomic mass is 31.2. The molecule has 13 nitrogen and oxygen atoms in total. The normalized spacial score (nSPS) is 19.5. The lowest BCUT2D eigenvalue weighted by Crippen LogP contribution is -2.41. The number of nitroso groups, excluding NO2 is 1. The molecule has 1 unspecified atom stereocenters. The zero-order valence-corrected chi connectivity index (χ0v) is 14.0. The molecule has 14 heteroatoms. The van der Waals surface area contributed by atoms with E-state index in [0.717, 1.165) is 17.1 Å². The molecule has 0 saturated carbocycles. The van der Waals surface area contributed by atoms with Gasteiger partial charge in [0.2, 0.25) is 0 Å². The van der Waals surface area contributed by atoms with Crippen LogP contribution in [0.4, 0.5) is 0 Å². The maximum atomic E-state index is 11.8. The molecule has 2 aliphatic rings. The SMILES string of the molecule is O=NP(=O)(O)N(CCN1C(=O)C=CC1=O)CC(=O)ON1C(=O)CCC1=O. The Bertz CT molecular complexity index is 730. The Kier molecular flexibility index (Phi) is 5.75. The van der Waals surface area contributed by atoms with Gasteiger partial charge in [0, 0.05) is 43.0 Å². The molecule has 1 N–H and O–H groups in total. The zero-order chi connectivity index (χ0) is 19.5. The van der Waals surface area contributed by atoms with Gasteiger partial charge in [-0.15, -0.1) is 9.97 Å². The quantitative estimate of drug-likeness (QED) is 0.299. The number of carbonyl (C=O) groups excluding carboxylic acids is 5. The lowest BCUT2D eigenvalue weighted by molar-refractivity contribution is -0.197. The summed E-state index contributed by atoms with van der Waals surface area (Å²) >= 11 is 0. The van der Waals surface area contributed by atoms with Crippen LogP contribution in [0.15, 0.2) is 17.1 Å². The first kappa shape index (κ1) is 19.6. The summed E-state index contributed by atoms with van der Waals surface area (Å²) in [4.78, 5) is 84.9. The predicted octanol–water partition coefficient (Wildman–Crippen LogP) is -1.31. The summed E-state index contributed by atoms with van der Waals surface area (Å²) in [6, 6.07) is 0. The summed E-state index contributed by atoms with van der Waals surface area (Å²) in [6.45, 7) is -1.94. The van der Waals surface area contributed by atoms with E-state index in [9.17, 15) is 38.3 Å². The van der Waals surface area contributed by atoms with Crippen molar-refractivity contribution in [2.75, 3.05) is 19.6 Å². The number of hydroxylamine groups is 2. The molecule has 0 radical (unpaired) electrons. The van der Waals surface area contributed by atoms with Gasteiger partial charge in [0.1, 0.15) is 6.54 Å². The van der Waals surface area contributed by atoms with Crippen molar-refractivity contribution in [3.8, 4) is 0 Å². The van der Waals surface area contributed by atoms with Gasteiger partial charge in [0.05, 0.1) is 0 Å². The molecular weight excluding hydrogens is 375 g/mol. The van der Waals surface area contributed by atoms with Gasteiger partial charge in [-0.05, 0) is 0 Å². The number of imide groups is 2. The van der Waals surface area contributed by atoms with Crippen LogP contribution >= 0.6 is 7.67 Å². The second-order valence-corrected chi connectivity index (χ2v) is 6.95. The van der Waals surface area contributed by atoms with E-state index in [1.54, 1.807) is 0 Å². The van der Waals surface area contributed by atoms with E-state index in [1.807, 2.05) is 4.95 Å². The molecule has 2 heterocycles. The molecule has 0 spiro atoms. The highest BCUT2D eigenvalue weighted by Gasteiger charge is 2.37. The van der Waals surface area contributed by atoms with E-state index < -0.39 is 56.9 Å². The number of nitrogens with zero attached hydrogens (tertiary/aromatic N) is 4. The first-order valence-corrected chi connectivity index (χ1v) is 8.75. The molecule has 2 aliphatic heterocycles. The van der Waals surface area contributed by atoms with Gasteiger partial charge in [0.15, 0.2) is 0 Å². The van der Waals surface area contributed by atoms with Crippen molar-refractivity contribution in [1.29, 1.82) is 0 Å². The van der Waals surface area contributed by atoms with Gasteiger partial charge in [-0.25, -0.2) is 9.36 Å².